The minimum Gasteiger partial charge on any atom is -0.350 e. The summed E-state index contributed by atoms with van der Waals surface area (Å²) in [6.07, 6.45) is 1.46. The Balaban J connectivity index is 2.43. The van der Waals surface area contributed by atoms with Crippen LogP contribution in [0.25, 0.3) is 0 Å². The highest BCUT2D eigenvalue weighted by Crippen LogP contribution is 2.18. The van der Waals surface area contributed by atoms with Crippen LogP contribution in [0.4, 0.5) is 0 Å². The molecule has 1 unspecified atom stereocenters. The van der Waals surface area contributed by atoms with Crippen LogP contribution in [0, 0.1) is 13.8 Å². The molecule has 0 saturated carbocycles. The van der Waals surface area contributed by atoms with E-state index in [0.29, 0.717) is 12.5 Å². The molecule has 0 aromatic heterocycles. The van der Waals surface area contributed by atoms with Gasteiger partial charge in [0.05, 0.1) is 6.04 Å². The Morgan fingerprint density at radius 1 is 1.20 bits per heavy atom. The van der Waals surface area contributed by atoms with Crippen molar-refractivity contribution in [2.24, 2.45) is 0 Å². The zero-order valence-electron chi connectivity index (χ0n) is 13.4. The molecule has 1 amide bonds. The smallest absolute Gasteiger partial charge is 0.220 e. The van der Waals surface area contributed by atoms with Crippen LogP contribution in [0.3, 0.4) is 0 Å². The molecule has 1 rings (SSSR count). The topological polar surface area (TPSA) is 41.1 Å². The van der Waals surface area contributed by atoms with Gasteiger partial charge >= 0.3 is 0 Å². The molecule has 0 fully saturated rings. The lowest BCUT2D eigenvalue weighted by molar-refractivity contribution is -0.121. The molecule has 3 nitrogen and oxygen atoms in total. The monoisotopic (exact) mass is 276 g/mol. The van der Waals surface area contributed by atoms with Gasteiger partial charge in [-0.2, -0.15) is 0 Å². The Hall–Kier alpha value is -1.35. The van der Waals surface area contributed by atoms with E-state index >= 15 is 0 Å². The molecule has 0 radical (unpaired) electrons. The van der Waals surface area contributed by atoms with Gasteiger partial charge in [0.15, 0.2) is 0 Å². The molecular weight excluding hydrogens is 248 g/mol. The van der Waals surface area contributed by atoms with E-state index in [1.54, 1.807) is 0 Å². The standard InChI is InChI=1S/C17H28N2O/c1-12(2)18-10-6-7-17(20)19-15(5)16-11-13(3)8-9-14(16)4/h8-9,11-12,15,18H,6-7,10H2,1-5H3,(H,19,20). The lowest BCUT2D eigenvalue weighted by Gasteiger charge is -2.17. The van der Waals surface area contributed by atoms with Crippen molar-refractivity contribution in [1.82, 2.24) is 10.6 Å². The quantitative estimate of drug-likeness (QED) is 0.751. The Kier molecular flexibility index (Phi) is 6.73. The van der Waals surface area contributed by atoms with Crippen LogP contribution in [-0.2, 0) is 4.79 Å². The minimum absolute atomic E-state index is 0.0699. The molecule has 1 atom stereocenters. The van der Waals surface area contributed by atoms with Crippen molar-refractivity contribution < 1.29 is 4.79 Å². The minimum atomic E-state index is 0.0699. The number of hydrogen-bond donors (Lipinski definition) is 2. The van der Waals surface area contributed by atoms with Crippen LogP contribution in [0.15, 0.2) is 18.2 Å². The van der Waals surface area contributed by atoms with Crippen LogP contribution < -0.4 is 10.6 Å². The third kappa shape index (κ3) is 5.74. The fourth-order valence-corrected chi connectivity index (χ4v) is 2.26. The van der Waals surface area contributed by atoms with E-state index in [9.17, 15) is 4.79 Å². The number of carbonyl (C=O) groups excluding carboxylic acids is 1. The fourth-order valence-electron chi connectivity index (χ4n) is 2.26. The lowest BCUT2D eigenvalue weighted by atomic mass is 10.00. The Morgan fingerprint density at radius 2 is 1.90 bits per heavy atom. The first kappa shape index (κ1) is 16.7. The third-order valence-corrected chi connectivity index (χ3v) is 3.41. The average Bonchev–Trinajstić information content (AvgIpc) is 2.37. The van der Waals surface area contributed by atoms with E-state index in [0.717, 1.165) is 13.0 Å². The maximum absolute atomic E-state index is 11.9. The molecule has 0 spiro atoms. The second-order valence-corrected chi connectivity index (χ2v) is 5.86. The SMILES string of the molecule is Cc1ccc(C)c(C(C)NC(=O)CCCNC(C)C)c1. The maximum atomic E-state index is 11.9. The number of amides is 1. The van der Waals surface area contributed by atoms with Gasteiger partial charge in [-0.05, 0) is 44.9 Å². The van der Waals surface area contributed by atoms with Crippen molar-refractivity contribution in [3.8, 4) is 0 Å². The molecule has 0 bridgehead atoms. The van der Waals surface area contributed by atoms with E-state index in [4.69, 9.17) is 0 Å². The summed E-state index contributed by atoms with van der Waals surface area (Å²) < 4.78 is 0. The molecule has 0 heterocycles. The van der Waals surface area contributed by atoms with Gasteiger partial charge in [0, 0.05) is 12.5 Å². The number of benzene rings is 1. The number of aryl methyl sites for hydroxylation is 2. The fraction of sp³-hybridized carbons (Fsp3) is 0.588. The number of carbonyl (C=O) groups is 1. The summed E-state index contributed by atoms with van der Waals surface area (Å²) in [7, 11) is 0. The Bertz CT molecular complexity index is 441. The molecule has 20 heavy (non-hydrogen) atoms. The van der Waals surface area contributed by atoms with Crippen molar-refractivity contribution in [3.05, 3.63) is 34.9 Å². The summed E-state index contributed by atoms with van der Waals surface area (Å²) in [6.45, 7) is 11.3. The normalized spacial score (nSPS) is 12.5. The number of rotatable bonds is 7. The zero-order valence-corrected chi connectivity index (χ0v) is 13.4. The number of hydrogen-bond acceptors (Lipinski definition) is 2. The zero-order chi connectivity index (χ0) is 15.1. The summed E-state index contributed by atoms with van der Waals surface area (Å²) in [5.41, 5.74) is 3.66. The van der Waals surface area contributed by atoms with Crippen LogP contribution in [0.5, 0.6) is 0 Å². The highest BCUT2D eigenvalue weighted by molar-refractivity contribution is 5.76. The molecule has 0 aliphatic carbocycles. The molecule has 0 aliphatic rings. The molecule has 112 valence electrons. The van der Waals surface area contributed by atoms with Gasteiger partial charge in [-0.25, -0.2) is 0 Å². The van der Waals surface area contributed by atoms with Crippen molar-refractivity contribution >= 4 is 5.91 Å². The van der Waals surface area contributed by atoms with Gasteiger partial charge in [-0.3, -0.25) is 4.79 Å². The predicted molar refractivity (Wildman–Crippen MR) is 84.8 cm³/mol. The summed E-state index contributed by atoms with van der Waals surface area (Å²) >= 11 is 0. The van der Waals surface area contributed by atoms with Crippen molar-refractivity contribution in [2.45, 2.75) is 59.5 Å². The van der Waals surface area contributed by atoms with Crippen LogP contribution in [-0.4, -0.2) is 18.5 Å². The van der Waals surface area contributed by atoms with E-state index in [-0.39, 0.29) is 11.9 Å². The van der Waals surface area contributed by atoms with E-state index in [2.05, 4.69) is 56.5 Å². The predicted octanol–water partition coefficient (Wildman–Crippen LogP) is 3.26. The van der Waals surface area contributed by atoms with Crippen LogP contribution >= 0.6 is 0 Å². The van der Waals surface area contributed by atoms with Gasteiger partial charge < -0.3 is 10.6 Å². The van der Waals surface area contributed by atoms with Gasteiger partial charge in [-0.15, -0.1) is 0 Å². The third-order valence-electron chi connectivity index (χ3n) is 3.41. The molecule has 1 aromatic carbocycles. The second-order valence-electron chi connectivity index (χ2n) is 5.86. The summed E-state index contributed by atoms with van der Waals surface area (Å²) in [5.74, 6) is 0.129. The van der Waals surface area contributed by atoms with Gasteiger partial charge in [0.1, 0.15) is 0 Å². The van der Waals surface area contributed by atoms with Gasteiger partial charge in [-0.1, -0.05) is 37.6 Å². The molecule has 2 N–H and O–H groups in total. The van der Waals surface area contributed by atoms with Crippen molar-refractivity contribution in [1.29, 1.82) is 0 Å². The molecule has 0 saturated heterocycles. The summed E-state index contributed by atoms with van der Waals surface area (Å²) in [6, 6.07) is 6.92. The first-order valence-electron chi connectivity index (χ1n) is 7.50. The first-order valence-corrected chi connectivity index (χ1v) is 7.50. The molecule has 3 heteroatoms. The summed E-state index contributed by atoms with van der Waals surface area (Å²) in [4.78, 5) is 11.9. The van der Waals surface area contributed by atoms with E-state index in [1.165, 1.54) is 16.7 Å². The van der Waals surface area contributed by atoms with Crippen molar-refractivity contribution in [3.63, 3.8) is 0 Å². The van der Waals surface area contributed by atoms with Gasteiger partial charge in [0.25, 0.3) is 0 Å². The highest BCUT2D eigenvalue weighted by atomic mass is 16.1. The van der Waals surface area contributed by atoms with Crippen molar-refractivity contribution in [2.75, 3.05) is 6.54 Å². The van der Waals surface area contributed by atoms with Gasteiger partial charge in [0.2, 0.25) is 5.91 Å². The number of nitrogens with one attached hydrogen (secondary N) is 2. The Morgan fingerprint density at radius 3 is 2.55 bits per heavy atom. The highest BCUT2D eigenvalue weighted by Gasteiger charge is 2.11. The first-order chi connectivity index (χ1) is 9.40. The summed E-state index contributed by atoms with van der Waals surface area (Å²) in [5, 5.41) is 6.41. The molecule has 0 aliphatic heterocycles. The largest absolute Gasteiger partial charge is 0.350 e. The lowest BCUT2D eigenvalue weighted by Crippen LogP contribution is -2.29. The Labute approximate surface area is 123 Å². The average molecular weight is 276 g/mol. The molecular formula is C17H28N2O. The molecule has 1 aromatic rings. The van der Waals surface area contributed by atoms with E-state index in [1.807, 2.05) is 6.92 Å². The van der Waals surface area contributed by atoms with Crippen LogP contribution in [0.1, 0.15) is 56.3 Å². The second kappa shape index (κ2) is 8.05. The van der Waals surface area contributed by atoms with E-state index < -0.39 is 0 Å². The maximum Gasteiger partial charge on any atom is 0.220 e. The van der Waals surface area contributed by atoms with Crippen LogP contribution in [0.2, 0.25) is 0 Å².